The average molecular weight is 511 g/mol. The van der Waals surface area contributed by atoms with Crippen LogP contribution in [0.4, 0.5) is 0 Å². The molecule has 0 radical (unpaired) electrons. The van der Waals surface area contributed by atoms with E-state index in [0.717, 1.165) is 67.5 Å². The quantitative estimate of drug-likeness (QED) is 0.178. The maximum Gasteiger partial charge on any atom is 0.150 e. The molecule has 0 saturated heterocycles. The Hall–Kier alpha value is -5.70. The number of hydrogen-bond acceptors (Lipinski definition) is 2. The van der Waals surface area contributed by atoms with Crippen LogP contribution in [0.5, 0.6) is 0 Å². The molecule has 40 heavy (non-hydrogen) atoms. The Morgan fingerprint density at radius 2 is 0.875 bits per heavy atom. The molecule has 6 aromatic carbocycles. The van der Waals surface area contributed by atoms with E-state index in [2.05, 4.69) is 72.2 Å². The van der Waals surface area contributed by atoms with Crippen LogP contribution in [0.15, 0.2) is 121 Å². The first-order valence-corrected chi connectivity index (χ1v) is 12.9. The fourth-order valence-corrected chi connectivity index (χ4v) is 4.95. The molecule has 0 saturated carbocycles. The highest BCUT2D eigenvalue weighted by Gasteiger charge is 2.15. The van der Waals surface area contributed by atoms with Gasteiger partial charge >= 0.3 is 0 Å². The van der Waals surface area contributed by atoms with Gasteiger partial charge in [-0.3, -0.25) is 9.59 Å². The van der Waals surface area contributed by atoms with E-state index in [1.807, 2.05) is 48.5 Å². The minimum atomic E-state index is 0.593. The number of carbonyl (C=O) groups excluding carboxylic acids is 2. The van der Waals surface area contributed by atoms with Crippen LogP contribution in [0.1, 0.15) is 43.0 Å². The lowest BCUT2D eigenvalue weighted by Crippen LogP contribution is -1.93. The van der Waals surface area contributed by atoms with E-state index in [-0.39, 0.29) is 0 Å². The van der Waals surface area contributed by atoms with E-state index in [9.17, 15) is 9.59 Å². The first-order valence-electron chi connectivity index (χ1n) is 12.9. The molecule has 2 heteroatoms. The molecule has 0 aliphatic rings. The largest absolute Gasteiger partial charge is 0.298 e. The van der Waals surface area contributed by atoms with E-state index in [1.54, 1.807) is 24.3 Å². The Morgan fingerprint density at radius 3 is 1.32 bits per heavy atom. The summed E-state index contributed by atoms with van der Waals surface area (Å²) >= 11 is 0. The van der Waals surface area contributed by atoms with Crippen molar-refractivity contribution in [1.29, 1.82) is 0 Å². The number of aldehydes is 2. The van der Waals surface area contributed by atoms with Crippen LogP contribution in [0.3, 0.4) is 0 Å². The van der Waals surface area contributed by atoms with E-state index in [4.69, 9.17) is 0 Å². The van der Waals surface area contributed by atoms with Crippen molar-refractivity contribution in [3.05, 3.63) is 155 Å². The van der Waals surface area contributed by atoms with Crippen LogP contribution in [0.25, 0.3) is 32.7 Å². The maximum atomic E-state index is 11.3. The summed E-state index contributed by atoms with van der Waals surface area (Å²) in [7, 11) is 0. The first-order chi connectivity index (χ1) is 19.7. The van der Waals surface area contributed by atoms with Gasteiger partial charge in [0, 0.05) is 44.5 Å². The minimum Gasteiger partial charge on any atom is -0.298 e. The zero-order valence-electron chi connectivity index (χ0n) is 21.5. The minimum absolute atomic E-state index is 0.593. The van der Waals surface area contributed by atoms with Crippen molar-refractivity contribution in [3.63, 3.8) is 0 Å². The number of rotatable bonds is 3. The molecule has 6 aromatic rings. The van der Waals surface area contributed by atoms with E-state index in [1.165, 1.54) is 0 Å². The van der Waals surface area contributed by atoms with Crippen molar-refractivity contribution in [1.82, 2.24) is 0 Å². The highest BCUT2D eigenvalue weighted by atomic mass is 16.1. The van der Waals surface area contributed by atoms with Crippen LogP contribution >= 0.6 is 0 Å². The Balaban J connectivity index is 1.64. The summed E-state index contributed by atoms with van der Waals surface area (Å²) in [6.07, 6.45) is 1.66. The van der Waals surface area contributed by atoms with Crippen LogP contribution in [0, 0.1) is 23.7 Å². The third kappa shape index (κ3) is 4.91. The lowest BCUT2D eigenvalue weighted by molar-refractivity contribution is 0.111. The molecule has 6 rings (SSSR count). The van der Waals surface area contributed by atoms with Gasteiger partial charge in [-0.25, -0.2) is 0 Å². The van der Waals surface area contributed by atoms with Crippen molar-refractivity contribution in [2.75, 3.05) is 0 Å². The fraction of sp³-hybridized carbons (Fsp3) is 0. The fourth-order valence-electron chi connectivity index (χ4n) is 4.95. The smallest absolute Gasteiger partial charge is 0.150 e. The highest BCUT2D eigenvalue weighted by Crippen LogP contribution is 2.38. The summed E-state index contributed by atoms with van der Waals surface area (Å²) in [6.45, 7) is 0. The topological polar surface area (TPSA) is 34.1 Å². The van der Waals surface area contributed by atoms with Crippen molar-refractivity contribution in [2.24, 2.45) is 0 Å². The summed E-state index contributed by atoms with van der Waals surface area (Å²) in [5.41, 5.74) is 6.51. The lowest BCUT2D eigenvalue weighted by Gasteiger charge is -2.15. The van der Waals surface area contributed by atoms with Gasteiger partial charge in [-0.2, -0.15) is 0 Å². The van der Waals surface area contributed by atoms with Crippen LogP contribution in [-0.2, 0) is 0 Å². The number of benzene rings is 6. The van der Waals surface area contributed by atoms with Crippen molar-refractivity contribution in [3.8, 4) is 34.8 Å². The van der Waals surface area contributed by atoms with Crippen molar-refractivity contribution < 1.29 is 9.59 Å². The third-order valence-corrected chi connectivity index (χ3v) is 6.84. The molecule has 0 N–H and O–H groups in total. The second kappa shape index (κ2) is 11.0. The molecule has 0 spiro atoms. The number of hydrogen-bond donors (Lipinski definition) is 0. The summed E-state index contributed by atoms with van der Waals surface area (Å²) in [4.78, 5) is 22.6. The molecular formula is C38H22O2. The van der Waals surface area contributed by atoms with Gasteiger partial charge in [-0.15, -0.1) is 0 Å². The van der Waals surface area contributed by atoms with Gasteiger partial charge in [0.15, 0.2) is 0 Å². The lowest BCUT2D eigenvalue weighted by atomic mass is 9.87. The summed E-state index contributed by atoms with van der Waals surface area (Å²) in [5, 5.41) is 4.38. The Bertz CT molecular complexity index is 1910. The van der Waals surface area contributed by atoms with Gasteiger partial charge < -0.3 is 0 Å². The number of fused-ring (bicyclic) bond motifs is 2. The van der Waals surface area contributed by atoms with Gasteiger partial charge in [0.05, 0.1) is 0 Å². The van der Waals surface area contributed by atoms with Gasteiger partial charge in [0.1, 0.15) is 12.6 Å². The molecule has 0 aromatic heterocycles. The van der Waals surface area contributed by atoms with Crippen LogP contribution in [0.2, 0.25) is 0 Å². The summed E-state index contributed by atoms with van der Waals surface area (Å²) in [5.74, 6) is 13.3. The average Bonchev–Trinajstić information content (AvgIpc) is 3.02. The zero-order valence-corrected chi connectivity index (χ0v) is 21.5. The maximum absolute atomic E-state index is 11.3. The van der Waals surface area contributed by atoms with E-state index in [0.29, 0.717) is 11.1 Å². The molecule has 2 nitrogen and oxygen atoms in total. The molecule has 0 amide bonds. The Labute approximate surface area is 232 Å². The van der Waals surface area contributed by atoms with Crippen LogP contribution in [-0.4, -0.2) is 12.6 Å². The normalized spacial score (nSPS) is 10.3. The summed E-state index contributed by atoms with van der Waals surface area (Å²) < 4.78 is 0. The van der Waals surface area contributed by atoms with Crippen LogP contribution < -0.4 is 0 Å². The molecule has 0 unspecified atom stereocenters. The second-order valence-electron chi connectivity index (χ2n) is 9.41. The molecule has 0 heterocycles. The molecule has 0 aliphatic carbocycles. The third-order valence-electron chi connectivity index (χ3n) is 6.84. The summed E-state index contributed by atoms with van der Waals surface area (Å²) in [6, 6.07) is 39.5. The van der Waals surface area contributed by atoms with E-state index >= 15 is 0 Å². The van der Waals surface area contributed by atoms with Gasteiger partial charge in [0.25, 0.3) is 0 Å². The SMILES string of the molecule is O=Cc1cccc(C#Cc2ccc3ccccc3c2-c2c(C#Cc3cccc(C=O)c3)ccc3ccccc23)c1. The van der Waals surface area contributed by atoms with Crippen molar-refractivity contribution >= 4 is 34.1 Å². The van der Waals surface area contributed by atoms with Gasteiger partial charge in [-0.05, 0) is 57.9 Å². The van der Waals surface area contributed by atoms with Gasteiger partial charge in [-0.1, -0.05) is 109 Å². The molecule has 0 aliphatic heterocycles. The predicted molar refractivity (Wildman–Crippen MR) is 163 cm³/mol. The first kappa shape index (κ1) is 24.6. The number of carbonyl (C=O) groups is 2. The zero-order chi connectivity index (χ0) is 27.3. The Morgan fingerprint density at radius 1 is 0.425 bits per heavy atom. The molecule has 186 valence electrons. The molecule has 0 fully saturated rings. The molecule has 0 atom stereocenters. The standard InChI is InChI=1S/C38H22O2/c39-25-29-9-5-7-27(23-29)15-17-33-21-19-31-11-1-3-13-35(31)37(33)38-34(22-20-32-12-2-4-14-36(32)38)18-16-28-8-6-10-30(24-28)26-40/h1-14,19-26H. The predicted octanol–water partition coefficient (Wildman–Crippen LogP) is 8.08. The van der Waals surface area contributed by atoms with Crippen molar-refractivity contribution in [2.45, 2.75) is 0 Å². The second-order valence-corrected chi connectivity index (χ2v) is 9.41. The highest BCUT2D eigenvalue weighted by molar-refractivity contribution is 6.09. The van der Waals surface area contributed by atoms with Gasteiger partial charge in [0.2, 0.25) is 0 Å². The Kier molecular flexibility index (Phi) is 6.75. The van der Waals surface area contributed by atoms with E-state index < -0.39 is 0 Å². The monoisotopic (exact) mass is 510 g/mol. The molecule has 0 bridgehead atoms. The molecular weight excluding hydrogens is 488 g/mol.